The molecule has 0 saturated carbocycles. The molecule has 0 radical (unpaired) electrons. The molecular weight excluding hydrogens is 282 g/mol. The summed E-state index contributed by atoms with van der Waals surface area (Å²) < 4.78 is 7.33. The Morgan fingerprint density at radius 3 is 2.90 bits per heavy atom. The number of hydrogen-bond acceptors (Lipinski definition) is 4. The number of fused-ring (bicyclic) bond motifs is 1. The fourth-order valence-electron chi connectivity index (χ4n) is 2.95. The average Bonchev–Trinajstić information content (AvgIpc) is 3.03. The highest BCUT2D eigenvalue weighted by molar-refractivity contribution is 7.71. The van der Waals surface area contributed by atoms with Gasteiger partial charge in [0, 0.05) is 12.0 Å². The second-order valence-corrected chi connectivity index (χ2v) is 6.36. The number of benzene rings is 1. The maximum Gasteiger partial charge on any atom is 0.288 e. The lowest BCUT2D eigenvalue weighted by Gasteiger charge is -2.24. The van der Waals surface area contributed by atoms with E-state index in [0.29, 0.717) is 23.4 Å². The lowest BCUT2D eigenvalue weighted by Crippen LogP contribution is -2.26. The van der Waals surface area contributed by atoms with E-state index in [0.717, 1.165) is 12.8 Å². The van der Waals surface area contributed by atoms with E-state index in [2.05, 4.69) is 55.2 Å². The molecule has 1 aromatic carbocycles. The molecule has 1 unspecified atom stereocenters. The van der Waals surface area contributed by atoms with Crippen molar-refractivity contribution in [2.45, 2.75) is 45.3 Å². The maximum absolute atomic E-state index is 5.55. The van der Waals surface area contributed by atoms with Gasteiger partial charge in [-0.2, -0.15) is 0 Å². The second-order valence-electron chi connectivity index (χ2n) is 6.01. The number of nitrogens with zero attached hydrogens (tertiary/aromatic N) is 3. The molecule has 3 rings (SSSR count). The first-order valence-corrected chi connectivity index (χ1v) is 7.83. The Kier molecular flexibility index (Phi) is 3.95. The molecule has 21 heavy (non-hydrogen) atoms. The minimum Gasteiger partial charge on any atom is -0.414 e. The van der Waals surface area contributed by atoms with Gasteiger partial charge in [0.25, 0.3) is 4.84 Å². The molecule has 4 nitrogen and oxygen atoms in total. The standard InChI is InChI=1S/C16H21N3OS/c1-11(2)15-17-19(16(21)20-15)10-18(3)14-9-8-12-6-4-5-7-13(12)14/h4-7,11,14H,8-10H2,1-3H3. The normalized spacial score (nSPS) is 17.7. The van der Waals surface area contributed by atoms with Crippen molar-refractivity contribution in [3.8, 4) is 0 Å². The van der Waals surface area contributed by atoms with E-state index in [9.17, 15) is 0 Å². The van der Waals surface area contributed by atoms with Gasteiger partial charge in [0.1, 0.15) is 0 Å². The van der Waals surface area contributed by atoms with Crippen LogP contribution in [0.5, 0.6) is 0 Å². The highest BCUT2D eigenvalue weighted by Crippen LogP contribution is 2.34. The van der Waals surface area contributed by atoms with Crippen LogP contribution in [0.4, 0.5) is 0 Å². The molecular formula is C16H21N3OS. The second kappa shape index (κ2) is 5.73. The van der Waals surface area contributed by atoms with Crippen molar-refractivity contribution < 1.29 is 4.42 Å². The van der Waals surface area contributed by atoms with Crippen molar-refractivity contribution in [1.29, 1.82) is 0 Å². The fraction of sp³-hybridized carbons (Fsp3) is 0.500. The topological polar surface area (TPSA) is 34.2 Å². The lowest BCUT2D eigenvalue weighted by atomic mass is 10.1. The van der Waals surface area contributed by atoms with Gasteiger partial charge in [-0.05, 0) is 43.2 Å². The Bertz CT molecular complexity index is 689. The molecule has 5 heteroatoms. The molecule has 0 N–H and O–H groups in total. The van der Waals surface area contributed by atoms with Crippen molar-refractivity contribution in [2.24, 2.45) is 0 Å². The predicted molar refractivity (Wildman–Crippen MR) is 84.7 cm³/mol. The molecule has 1 aromatic heterocycles. The predicted octanol–water partition coefficient (Wildman–Crippen LogP) is 3.91. The highest BCUT2D eigenvalue weighted by atomic mass is 32.1. The molecule has 0 spiro atoms. The quantitative estimate of drug-likeness (QED) is 0.802. The van der Waals surface area contributed by atoms with E-state index in [-0.39, 0.29) is 5.92 Å². The summed E-state index contributed by atoms with van der Waals surface area (Å²) in [7, 11) is 2.12. The minimum atomic E-state index is 0.255. The van der Waals surface area contributed by atoms with E-state index in [4.69, 9.17) is 16.6 Å². The molecule has 0 saturated heterocycles. The fourth-order valence-corrected chi connectivity index (χ4v) is 3.13. The van der Waals surface area contributed by atoms with Crippen LogP contribution in [0, 0.1) is 4.84 Å². The maximum atomic E-state index is 5.55. The van der Waals surface area contributed by atoms with Gasteiger partial charge in [-0.15, -0.1) is 5.10 Å². The molecule has 1 aliphatic carbocycles. The average molecular weight is 303 g/mol. The summed E-state index contributed by atoms with van der Waals surface area (Å²) in [5.41, 5.74) is 2.89. The van der Waals surface area contributed by atoms with Gasteiger partial charge in [-0.25, -0.2) is 4.68 Å². The summed E-state index contributed by atoms with van der Waals surface area (Å²) in [5, 5.41) is 4.48. The monoisotopic (exact) mass is 303 g/mol. The first kappa shape index (κ1) is 14.5. The third-order valence-corrected chi connectivity index (χ3v) is 4.40. The molecule has 112 valence electrons. The Balaban J connectivity index is 1.79. The van der Waals surface area contributed by atoms with Crippen LogP contribution in [0.1, 0.15) is 49.2 Å². The molecule has 1 heterocycles. The summed E-state index contributed by atoms with van der Waals surface area (Å²) >= 11 is 5.27. The van der Waals surface area contributed by atoms with Gasteiger partial charge in [0.15, 0.2) is 0 Å². The van der Waals surface area contributed by atoms with E-state index in [1.165, 1.54) is 11.1 Å². The zero-order valence-corrected chi connectivity index (χ0v) is 13.6. The van der Waals surface area contributed by atoms with E-state index in [1.54, 1.807) is 4.68 Å². The van der Waals surface area contributed by atoms with Crippen molar-refractivity contribution >= 4 is 12.2 Å². The van der Waals surface area contributed by atoms with E-state index < -0.39 is 0 Å². The largest absolute Gasteiger partial charge is 0.414 e. The van der Waals surface area contributed by atoms with Crippen LogP contribution < -0.4 is 0 Å². The summed E-state index contributed by atoms with van der Waals surface area (Å²) in [5.74, 6) is 0.964. The van der Waals surface area contributed by atoms with Crippen LogP contribution in [-0.2, 0) is 13.1 Å². The number of aromatic nitrogens is 2. The van der Waals surface area contributed by atoms with Gasteiger partial charge < -0.3 is 4.42 Å². The first-order chi connectivity index (χ1) is 10.1. The van der Waals surface area contributed by atoms with Crippen LogP contribution in [-0.4, -0.2) is 21.7 Å². The molecule has 0 amide bonds. The van der Waals surface area contributed by atoms with Crippen molar-refractivity contribution in [3.63, 3.8) is 0 Å². The van der Waals surface area contributed by atoms with Crippen LogP contribution in [0.15, 0.2) is 28.7 Å². The zero-order chi connectivity index (χ0) is 15.0. The van der Waals surface area contributed by atoms with Crippen LogP contribution in [0.25, 0.3) is 0 Å². The summed E-state index contributed by atoms with van der Waals surface area (Å²) in [6, 6.07) is 9.11. The van der Waals surface area contributed by atoms with Crippen LogP contribution >= 0.6 is 12.2 Å². The summed E-state index contributed by atoms with van der Waals surface area (Å²) in [4.78, 5) is 2.76. The number of aryl methyl sites for hydroxylation is 1. The molecule has 0 aliphatic heterocycles. The van der Waals surface area contributed by atoms with Gasteiger partial charge in [-0.1, -0.05) is 38.1 Å². The van der Waals surface area contributed by atoms with Gasteiger partial charge in [0.2, 0.25) is 5.89 Å². The Morgan fingerprint density at radius 2 is 2.19 bits per heavy atom. The highest BCUT2D eigenvalue weighted by Gasteiger charge is 2.26. The van der Waals surface area contributed by atoms with Gasteiger partial charge in [-0.3, -0.25) is 4.90 Å². The van der Waals surface area contributed by atoms with Gasteiger partial charge >= 0.3 is 0 Å². The Hall–Kier alpha value is -1.46. The minimum absolute atomic E-state index is 0.255. The van der Waals surface area contributed by atoms with E-state index >= 15 is 0 Å². The zero-order valence-electron chi connectivity index (χ0n) is 12.7. The van der Waals surface area contributed by atoms with Crippen LogP contribution in [0.2, 0.25) is 0 Å². The lowest BCUT2D eigenvalue weighted by molar-refractivity contribution is 0.180. The van der Waals surface area contributed by atoms with Crippen molar-refractivity contribution in [2.75, 3.05) is 7.05 Å². The summed E-state index contributed by atoms with van der Waals surface area (Å²) in [6.07, 6.45) is 2.30. The SMILES string of the molecule is CC(C)c1nn(CN(C)C2CCc3ccccc32)c(=S)o1. The third-order valence-electron chi connectivity index (χ3n) is 4.11. The molecule has 1 aliphatic rings. The number of hydrogen-bond donors (Lipinski definition) is 0. The third kappa shape index (κ3) is 2.80. The van der Waals surface area contributed by atoms with E-state index in [1.807, 2.05) is 0 Å². The van der Waals surface area contributed by atoms with Crippen molar-refractivity contribution in [3.05, 3.63) is 46.1 Å². The Morgan fingerprint density at radius 1 is 1.43 bits per heavy atom. The molecule has 2 aromatic rings. The summed E-state index contributed by atoms with van der Waals surface area (Å²) in [6.45, 7) is 4.78. The molecule has 0 bridgehead atoms. The van der Waals surface area contributed by atoms with Crippen LogP contribution in [0.3, 0.4) is 0 Å². The molecule has 1 atom stereocenters. The number of rotatable bonds is 4. The smallest absolute Gasteiger partial charge is 0.288 e. The first-order valence-electron chi connectivity index (χ1n) is 7.42. The molecule has 0 fully saturated rings. The van der Waals surface area contributed by atoms with Gasteiger partial charge in [0.05, 0.1) is 6.67 Å². The Labute approximate surface area is 130 Å². The van der Waals surface area contributed by atoms with Crippen molar-refractivity contribution in [1.82, 2.24) is 14.7 Å².